The molecule has 0 saturated heterocycles. The van der Waals surface area contributed by atoms with Crippen LogP contribution in [0.4, 0.5) is 0 Å². The minimum Gasteiger partial charge on any atom is -0.462 e. The summed E-state index contributed by atoms with van der Waals surface area (Å²) in [5.41, 5.74) is 1.01. The van der Waals surface area contributed by atoms with Gasteiger partial charge in [0, 0.05) is 6.08 Å². The highest BCUT2D eigenvalue weighted by Gasteiger charge is 2.30. The molecule has 2 rings (SSSR count). The number of carbonyl (C=O) groups is 1. The van der Waals surface area contributed by atoms with E-state index in [0.717, 1.165) is 17.9 Å². The van der Waals surface area contributed by atoms with Gasteiger partial charge >= 0.3 is 5.97 Å². The van der Waals surface area contributed by atoms with Gasteiger partial charge in [0.15, 0.2) is 0 Å². The summed E-state index contributed by atoms with van der Waals surface area (Å²) in [5, 5.41) is 0. The summed E-state index contributed by atoms with van der Waals surface area (Å²) in [4.78, 5) is 11.8. The van der Waals surface area contributed by atoms with E-state index in [1.54, 1.807) is 6.08 Å². The molecule has 0 aromatic heterocycles. The minimum absolute atomic E-state index is 0.252. The molecule has 0 spiro atoms. The molecule has 0 N–H and O–H groups in total. The summed E-state index contributed by atoms with van der Waals surface area (Å²) in [6, 6.07) is 9.78. The molecule has 3 atom stereocenters. The van der Waals surface area contributed by atoms with Crippen molar-refractivity contribution in [2.75, 3.05) is 6.61 Å². The van der Waals surface area contributed by atoms with E-state index >= 15 is 0 Å². The van der Waals surface area contributed by atoms with Gasteiger partial charge in [0.25, 0.3) is 0 Å². The largest absolute Gasteiger partial charge is 0.462 e. The van der Waals surface area contributed by atoms with Crippen molar-refractivity contribution in [3.8, 4) is 0 Å². The van der Waals surface area contributed by atoms with Crippen LogP contribution < -0.4 is 0 Å². The zero-order valence-electron chi connectivity index (χ0n) is 12.9. The SMILES string of the molecule is CC=CC1CC(C)CC1COC(=O)/C=C/c1ccccc1. The monoisotopic (exact) mass is 284 g/mol. The molecule has 112 valence electrons. The van der Waals surface area contributed by atoms with E-state index in [9.17, 15) is 4.79 Å². The molecule has 1 aliphatic carbocycles. The average molecular weight is 284 g/mol. The molecule has 0 heterocycles. The van der Waals surface area contributed by atoms with Crippen LogP contribution in [0.15, 0.2) is 48.6 Å². The molecule has 2 nitrogen and oxygen atoms in total. The van der Waals surface area contributed by atoms with Crippen LogP contribution >= 0.6 is 0 Å². The number of rotatable bonds is 5. The fourth-order valence-corrected chi connectivity index (χ4v) is 3.09. The number of benzene rings is 1. The van der Waals surface area contributed by atoms with Gasteiger partial charge < -0.3 is 4.74 Å². The number of hydrogen-bond acceptors (Lipinski definition) is 2. The highest BCUT2D eigenvalue weighted by molar-refractivity contribution is 5.87. The predicted octanol–water partition coefficient (Wildman–Crippen LogP) is 4.48. The van der Waals surface area contributed by atoms with Gasteiger partial charge in [-0.2, -0.15) is 0 Å². The summed E-state index contributed by atoms with van der Waals surface area (Å²) < 4.78 is 5.41. The van der Waals surface area contributed by atoms with Crippen LogP contribution in [0.3, 0.4) is 0 Å². The Hall–Kier alpha value is -1.83. The first-order valence-electron chi connectivity index (χ1n) is 7.71. The van der Waals surface area contributed by atoms with E-state index in [2.05, 4.69) is 26.0 Å². The van der Waals surface area contributed by atoms with E-state index in [1.807, 2.05) is 30.3 Å². The number of hydrogen-bond donors (Lipinski definition) is 0. The maximum Gasteiger partial charge on any atom is 0.330 e. The lowest BCUT2D eigenvalue weighted by Gasteiger charge is -2.15. The lowest BCUT2D eigenvalue weighted by Crippen LogP contribution is -2.15. The summed E-state index contributed by atoms with van der Waals surface area (Å²) in [7, 11) is 0. The average Bonchev–Trinajstić information content (AvgIpc) is 2.84. The Kier molecular flexibility index (Phi) is 5.79. The normalized spacial score (nSPS) is 25.7. The Labute approximate surface area is 127 Å². The molecular formula is C19H24O2. The van der Waals surface area contributed by atoms with Crippen LogP contribution in [0, 0.1) is 17.8 Å². The van der Waals surface area contributed by atoms with Gasteiger partial charge in [-0.3, -0.25) is 0 Å². The van der Waals surface area contributed by atoms with Gasteiger partial charge in [-0.15, -0.1) is 0 Å². The van der Waals surface area contributed by atoms with Crippen molar-refractivity contribution in [3.63, 3.8) is 0 Å². The van der Waals surface area contributed by atoms with E-state index in [-0.39, 0.29) is 5.97 Å². The zero-order chi connectivity index (χ0) is 15.1. The standard InChI is InChI=1S/C19H24O2/c1-3-7-17-12-15(2)13-18(17)14-21-19(20)11-10-16-8-5-4-6-9-16/h3-11,15,17-18H,12-14H2,1-2H3/b7-3?,11-10+. The fraction of sp³-hybridized carbons (Fsp3) is 0.421. The number of ether oxygens (including phenoxy) is 1. The second-order valence-corrected chi connectivity index (χ2v) is 5.90. The summed E-state index contributed by atoms with van der Waals surface area (Å²) in [6.07, 6.45) is 10.0. The quantitative estimate of drug-likeness (QED) is 0.452. The van der Waals surface area contributed by atoms with E-state index in [0.29, 0.717) is 18.4 Å². The topological polar surface area (TPSA) is 26.3 Å². The van der Waals surface area contributed by atoms with Gasteiger partial charge in [-0.05, 0) is 49.2 Å². The number of carbonyl (C=O) groups excluding carboxylic acids is 1. The first-order valence-corrected chi connectivity index (χ1v) is 7.71. The molecule has 2 heteroatoms. The van der Waals surface area contributed by atoms with Gasteiger partial charge in [-0.25, -0.2) is 4.79 Å². The molecule has 3 unspecified atom stereocenters. The van der Waals surface area contributed by atoms with Crippen LogP contribution in [0.1, 0.15) is 32.3 Å². The lowest BCUT2D eigenvalue weighted by molar-refractivity contribution is -0.139. The van der Waals surface area contributed by atoms with Crippen molar-refractivity contribution in [2.24, 2.45) is 17.8 Å². The molecule has 0 radical (unpaired) electrons. The van der Waals surface area contributed by atoms with Crippen molar-refractivity contribution >= 4 is 12.0 Å². The van der Waals surface area contributed by atoms with Crippen LogP contribution in [-0.4, -0.2) is 12.6 Å². The second-order valence-electron chi connectivity index (χ2n) is 5.90. The van der Waals surface area contributed by atoms with Crippen molar-refractivity contribution in [1.29, 1.82) is 0 Å². The zero-order valence-corrected chi connectivity index (χ0v) is 12.9. The Morgan fingerprint density at radius 2 is 2.05 bits per heavy atom. The first-order chi connectivity index (χ1) is 10.2. The molecule has 1 aromatic carbocycles. The van der Waals surface area contributed by atoms with Gasteiger partial charge in [0.05, 0.1) is 6.61 Å². The second kappa shape index (κ2) is 7.82. The highest BCUT2D eigenvalue weighted by Crippen LogP contribution is 2.37. The predicted molar refractivity (Wildman–Crippen MR) is 86.6 cm³/mol. The number of allylic oxidation sites excluding steroid dienone is 2. The summed E-state index contributed by atoms with van der Waals surface area (Å²) in [5.74, 6) is 1.48. The molecular weight excluding hydrogens is 260 g/mol. The Morgan fingerprint density at radius 3 is 2.76 bits per heavy atom. The third-order valence-corrected chi connectivity index (χ3v) is 4.08. The van der Waals surface area contributed by atoms with E-state index < -0.39 is 0 Å². The van der Waals surface area contributed by atoms with Crippen molar-refractivity contribution in [3.05, 3.63) is 54.1 Å². The molecule has 0 bridgehead atoms. The van der Waals surface area contributed by atoms with Crippen molar-refractivity contribution in [1.82, 2.24) is 0 Å². The first kappa shape index (κ1) is 15.6. The van der Waals surface area contributed by atoms with Crippen molar-refractivity contribution in [2.45, 2.75) is 26.7 Å². The molecule has 0 amide bonds. The maximum absolute atomic E-state index is 11.8. The van der Waals surface area contributed by atoms with Crippen molar-refractivity contribution < 1.29 is 9.53 Å². The Balaban J connectivity index is 1.82. The molecule has 0 aliphatic heterocycles. The summed E-state index contributed by atoms with van der Waals surface area (Å²) >= 11 is 0. The molecule has 1 saturated carbocycles. The van der Waals surface area contributed by atoms with E-state index in [4.69, 9.17) is 4.74 Å². The fourth-order valence-electron chi connectivity index (χ4n) is 3.09. The van der Waals surface area contributed by atoms with Crippen LogP contribution in [0.5, 0.6) is 0 Å². The van der Waals surface area contributed by atoms with Crippen LogP contribution in [0.25, 0.3) is 6.08 Å². The third-order valence-electron chi connectivity index (χ3n) is 4.08. The highest BCUT2D eigenvalue weighted by atomic mass is 16.5. The third kappa shape index (κ3) is 4.89. The molecule has 1 aliphatic rings. The minimum atomic E-state index is -0.252. The molecule has 1 aromatic rings. The Bertz CT molecular complexity index is 502. The molecule has 21 heavy (non-hydrogen) atoms. The van der Waals surface area contributed by atoms with Gasteiger partial charge in [0.2, 0.25) is 0 Å². The van der Waals surface area contributed by atoms with Gasteiger partial charge in [0.1, 0.15) is 0 Å². The van der Waals surface area contributed by atoms with Gasteiger partial charge in [-0.1, -0.05) is 49.4 Å². The van der Waals surface area contributed by atoms with Crippen LogP contribution in [-0.2, 0) is 9.53 Å². The Morgan fingerprint density at radius 1 is 1.29 bits per heavy atom. The van der Waals surface area contributed by atoms with Crippen LogP contribution in [0.2, 0.25) is 0 Å². The lowest BCUT2D eigenvalue weighted by atomic mass is 9.96. The number of esters is 1. The summed E-state index contributed by atoms with van der Waals surface area (Å²) in [6.45, 7) is 4.85. The smallest absolute Gasteiger partial charge is 0.330 e. The maximum atomic E-state index is 11.8. The molecule has 1 fully saturated rings. The van der Waals surface area contributed by atoms with E-state index in [1.165, 1.54) is 12.5 Å².